The summed E-state index contributed by atoms with van der Waals surface area (Å²) >= 11 is 0. The topological polar surface area (TPSA) is 116 Å². The van der Waals surface area contributed by atoms with Crippen molar-refractivity contribution in [3.8, 4) is 17.5 Å². The number of hydrogen-bond acceptors (Lipinski definition) is 9. The molecule has 7 rings (SSSR count). The van der Waals surface area contributed by atoms with Crippen LogP contribution in [0.15, 0.2) is 96.3 Å². The maximum Gasteiger partial charge on any atom is 0.350 e. The van der Waals surface area contributed by atoms with Gasteiger partial charge in [0.1, 0.15) is 12.1 Å². The summed E-state index contributed by atoms with van der Waals surface area (Å²) in [5.74, 6) is 0.0659. The van der Waals surface area contributed by atoms with Gasteiger partial charge in [0, 0.05) is 62.1 Å². The molecule has 0 atom stereocenters. The summed E-state index contributed by atoms with van der Waals surface area (Å²) in [6.07, 6.45) is 6.10. The minimum absolute atomic E-state index is 0.0901. The van der Waals surface area contributed by atoms with E-state index in [9.17, 15) is 4.79 Å². The van der Waals surface area contributed by atoms with Gasteiger partial charge in [-0.2, -0.15) is 15.5 Å². The summed E-state index contributed by atoms with van der Waals surface area (Å²) in [7, 11) is 1.69. The van der Waals surface area contributed by atoms with E-state index in [-0.39, 0.29) is 5.69 Å². The number of rotatable bonds is 9. The fraction of sp³-hybridized carbons (Fsp3) is 0.385. The monoisotopic (exact) mass is 692 g/mol. The summed E-state index contributed by atoms with van der Waals surface area (Å²) in [6.45, 7) is 14.1. The Kier molecular flexibility index (Phi) is 12.7. The number of piperazine rings is 1. The van der Waals surface area contributed by atoms with Crippen molar-refractivity contribution in [3.05, 3.63) is 119 Å². The van der Waals surface area contributed by atoms with E-state index in [4.69, 9.17) is 19.5 Å². The van der Waals surface area contributed by atoms with Crippen molar-refractivity contribution in [1.82, 2.24) is 24.1 Å². The maximum atomic E-state index is 12.4. The van der Waals surface area contributed by atoms with Gasteiger partial charge in [-0.05, 0) is 85.6 Å². The first-order valence-electron chi connectivity index (χ1n) is 17.6. The van der Waals surface area contributed by atoms with Gasteiger partial charge in [-0.25, -0.2) is 14.0 Å². The average Bonchev–Trinajstić information content (AvgIpc) is 3.96. The van der Waals surface area contributed by atoms with Gasteiger partial charge in [-0.1, -0.05) is 26.8 Å². The number of nitriles is 1. The van der Waals surface area contributed by atoms with Crippen molar-refractivity contribution in [3.63, 3.8) is 0 Å². The molecule has 2 fully saturated rings. The molecule has 12 heteroatoms. The lowest BCUT2D eigenvalue weighted by Crippen LogP contribution is -2.46. The van der Waals surface area contributed by atoms with Crippen LogP contribution in [0.1, 0.15) is 43.9 Å². The summed E-state index contributed by atoms with van der Waals surface area (Å²) < 4.78 is 21.9. The van der Waals surface area contributed by atoms with Crippen LogP contribution in [0.3, 0.4) is 0 Å². The number of aromatic nitrogens is 5. The van der Waals surface area contributed by atoms with Gasteiger partial charge in [0.15, 0.2) is 0 Å². The molecule has 0 radical (unpaired) electrons. The SMILES string of the molecule is CC.CCCn1ncn(-c2ccc(N3CCN(c4ccc(OC)cc4)CC3)cc2)c1=O.Cc1cc(C#N)ccc1C1(Cn2cccn2)OCCO1. The Balaban J connectivity index is 0.000000200. The number of hydrogen-bond donors (Lipinski definition) is 0. The Labute approximate surface area is 300 Å². The predicted octanol–water partition coefficient (Wildman–Crippen LogP) is 5.77. The second-order valence-corrected chi connectivity index (χ2v) is 12.0. The van der Waals surface area contributed by atoms with Crippen molar-refractivity contribution in [2.45, 2.75) is 53.0 Å². The molecule has 0 saturated carbocycles. The summed E-state index contributed by atoms with van der Waals surface area (Å²) in [5, 5.41) is 17.4. The minimum atomic E-state index is -0.815. The van der Waals surface area contributed by atoms with E-state index in [0.29, 0.717) is 31.9 Å². The highest BCUT2D eigenvalue weighted by Crippen LogP contribution is 2.35. The smallest absolute Gasteiger partial charge is 0.350 e. The summed E-state index contributed by atoms with van der Waals surface area (Å²) in [4.78, 5) is 17.2. The fourth-order valence-electron chi connectivity index (χ4n) is 6.27. The first-order chi connectivity index (χ1) is 24.9. The Bertz CT molecular complexity index is 1900. The summed E-state index contributed by atoms with van der Waals surface area (Å²) in [6, 6.07) is 25.9. The van der Waals surface area contributed by atoms with Crippen LogP contribution in [-0.2, 0) is 28.4 Å². The summed E-state index contributed by atoms with van der Waals surface area (Å²) in [5.41, 5.74) is 5.73. The first kappa shape index (κ1) is 36.9. The van der Waals surface area contributed by atoms with E-state index >= 15 is 0 Å². The number of methoxy groups -OCH3 is 1. The molecule has 0 N–H and O–H groups in total. The standard InChI is InChI=1S/C22H27N5O2.C15H15N3O2.C2H6/c1-3-12-27-22(28)26(17-23-27)20-6-4-18(5-7-20)24-13-15-25(16-14-24)19-8-10-21(29-2)11-9-19;1-12-9-13(10-16)3-4-14(12)15(19-7-8-20-15)11-18-6-2-5-17-18;1-2/h4-11,17H,3,12-16H2,1-2H3;2-6,9H,7-8,11H2,1H3;1-2H3. The number of anilines is 2. The van der Waals surface area contributed by atoms with Crippen molar-refractivity contribution >= 4 is 11.4 Å². The van der Waals surface area contributed by atoms with Crippen LogP contribution in [0.5, 0.6) is 5.75 Å². The van der Waals surface area contributed by atoms with Crippen LogP contribution >= 0.6 is 0 Å². The van der Waals surface area contributed by atoms with Crippen molar-refractivity contribution in [2.24, 2.45) is 0 Å². The number of benzene rings is 3. The van der Waals surface area contributed by atoms with Crippen molar-refractivity contribution in [2.75, 3.05) is 56.3 Å². The fourth-order valence-corrected chi connectivity index (χ4v) is 6.27. The number of ether oxygens (including phenoxy) is 3. The second kappa shape index (κ2) is 17.5. The second-order valence-electron chi connectivity index (χ2n) is 12.0. The molecule has 2 aliphatic rings. The molecular weight excluding hydrogens is 644 g/mol. The van der Waals surface area contributed by atoms with Gasteiger partial charge in [-0.15, -0.1) is 0 Å². The Morgan fingerprint density at radius 2 is 1.49 bits per heavy atom. The molecule has 2 aromatic heterocycles. The molecule has 5 aromatic rings. The van der Waals surface area contributed by atoms with Crippen LogP contribution in [-0.4, -0.2) is 70.6 Å². The molecule has 3 aromatic carbocycles. The third-order valence-corrected chi connectivity index (χ3v) is 8.83. The van der Waals surface area contributed by atoms with E-state index in [1.165, 1.54) is 16.1 Å². The first-order valence-corrected chi connectivity index (χ1v) is 17.6. The molecule has 0 aliphatic carbocycles. The molecule has 51 heavy (non-hydrogen) atoms. The molecule has 0 bridgehead atoms. The quantitative estimate of drug-likeness (QED) is 0.190. The lowest BCUT2D eigenvalue weighted by Gasteiger charge is -2.37. The Morgan fingerprint density at radius 3 is 2.02 bits per heavy atom. The highest BCUT2D eigenvalue weighted by molar-refractivity contribution is 5.54. The zero-order valence-corrected chi connectivity index (χ0v) is 30.2. The van der Waals surface area contributed by atoms with Gasteiger partial charge in [0.2, 0.25) is 5.79 Å². The van der Waals surface area contributed by atoms with E-state index in [1.807, 2.05) is 76.4 Å². The van der Waals surface area contributed by atoms with Gasteiger partial charge < -0.3 is 24.0 Å². The average molecular weight is 693 g/mol. The number of aryl methyl sites for hydroxylation is 2. The van der Waals surface area contributed by atoms with Crippen LogP contribution in [0, 0.1) is 18.3 Å². The van der Waals surface area contributed by atoms with Crippen LogP contribution in [0.4, 0.5) is 11.4 Å². The van der Waals surface area contributed by atoms with Crippen molar-refractivity contribution < 1.29 is 14.2 Å². The third kappa shape index (κ3) is 8.68. The zero-order valence-electron chi connectivity index (χ0n) is 30.2. The van der Waals surface area contributed by atoms with Gasteiger partial charge in [0.25, 0.3) is 0 Å². The largest absolute Gasteiger partial charge is 0.497 e. The highest BCUT2D eigenvalue weighted by Gasteiger charge is 2.40. The molecule has 2 aliphatic heterocycles. The minimum Gasteiger partial charge on any atom is -0.497 e. The van der Waals surface area contributed by atoms with Crippen LogP contribution in [0.2, 0.25) is 0 Å². The van der Waals surface area contributed by atoms with Gasteiger partial charge in [-0.3, -0.25) is 4.68 Å². The predicted molar refractivity (Wildman–Crippen MR) is 199 cm³/mol. The lowest BCUT2D eigenvalue weighted by atomic mass is 9.98. The maximum absolute atomic E-state index is 12.4. The molecule has 0 unspecified atom stereocenters. The highest BCUT2D eigenvalue weighted by atomic mass is 16.7. The van der Waals surface area contributed by atoms with Crippen LogP contribution in [0.25, 0.3) is 5.69 Å². The molecule has 0 spiro atoms. The van der Waals surface area contributed by atoms with E-state index in [0.717, 1.165) is 55.2 Å². The third-order valence-electron chi connectivity index (χ3n) is 8.83. The van der Waals surface area contributed by atoms with E-state index in [1.54, 1.807) is 34.9 Å². The van der Waals surface area contributed by atoms with Gasteiger partial charge >= 0.3 is 5.69 Å². The number of nitrogens with zero attached hydrogens (tertiary/aromatic N) is 8. The Morgan fingerprint density at radius 1 is 0.882 bits per heavy atom. The van der Waals surface area contributed by atoms with Crippen LogP contribution < -0.4 is 20.2 Å². The molecular formula is C39H48N8O4. The lowest BCUT2D eigenvalue weighted by molar-refractivity contribution is -0.178. The molecule has 0 amide bonds. The molecule has 4 heterocycles. The van der Waals surface area contributed by atoms with E-state index in [2.05, 4.69) is 50.3 Å². The van der Waals surface area contributed by atoms with Crippen molar-refractivity contribution in [1.29, 1.82) is 5.26 Å². The van der Waals surface area contributed by atoms with Gasteiger partial charge in [0.05, 0.1) is 44.2 Å². The molecule has 268 valence electrons. The molecule has 12 nitrogen and oxygen atoms in total. The Hall–Kier alpha value is -5.38. The van der Waals surface area contributed by atoms with E-state index < -0.39 is 5.79 Å². The normalized spacial score (nSPS) is 14.9. The zero-order chi connectivity index (χ0) is 36.2. The molecule has 2 saturated heterocycles.